The van der Waals surface area contributed by atoms with E-state index in [1.807, 2.05) is 24.3 Å². The molecule has 0 saturated heterocycles. The summed E-state index contributed by atoms with van der Waals surface area (Å²) in [4.78, 5) is 0.926. The highest BCUT2D eigenvalue weighted by Crippen LogP contribution is 2.35. The predicted molar refractivity (Wildman–Crippen MR) is 84.5 cm³/mol. The molecule has 1 saturated carbocycles. The summed E-state index contributed by atoms with van der Waals surface area (Å²) in [6.45, 7) is 2.88. The van der Waals surface area contributed by atoms with Gasteiger partial charge in [0.15, 0.2) is 0 Å². The average Bonchev–Trinajstić information content (AvgIpc) is 2.45. The predicted octanol–water partition coefficient (Wildman–Crippen LogP) is 3.71. The number of halogens is 1. The van der Waals surface area contributed by atoms with Crippen LogP contribution in [0.5, 0.6) is 0 Å². The smallest absolute Gasteiger partial charge is 0.0564 e. The largest absolute Gasteiger partial charge is 0.330 e. The van der Waals surface area contributed by atoms with E-state index in [9.17, 15) is 4.21 Å². The maximum atomic E-state index is 12.8. The summed E-state index contributed by atoms with van der Waals surface area (Å²) in [6.07, 6.45) is 4.60. The van der Waals surface area contributed by atoms with Crippen LogP contribution < -0.4 is 5.73 Å². The molecule has 4 heteroatoms. The number of benzene rings is 1. The van der Waals surface area contributed by atoms with Crippen molar-refractivity contribution in [1.82, 2.24) is 0 Å². The van der Waals surface area contributed by atoms with Gasteiger partial charge in [-0.2, -0.15) is 0 Å². The Morgan fingerprint density at radius 3 is 2.84 bits per heavy atom. The zero-order chi connectivity index (χ0) is 13.8. The molecule has 2 nitrogen and oxygen atoms in total. The standard InChI is InChI=1S/C15H22BrNOS/c1-2-11-6-7-12(10-17)15(8-11)19(18)14-5-3-4-13(16)9-14/h3-5,9,11-12,15H,2,6-8,10,17H2,1H3. The van der Waals surface area contributed by atoms with Gasteiger partial charge in [0.25, 0.3) is 0 Å². The van der Waals surface area contributed by atoms with Gasteiger partial charge < -0.3 is 5.73 Å². The van der Waals surface area contributed by atoms with Crippen LogP contribution in [0.2, 0.25) is 0 Å². The van der Waals surface area contributed by atoms with E-state index in [-0.39, 0.29) is 5.25 Å². The van der Waals surface area contributed by atoms with Crippen LogP contribution in [-0.2, 0) is 10.8 Å². The van der Waals surface area contributed by atoms with E-state index in [2.05, 4.69) is 22.9 Å². The minimum atomic E-state index is -0.942. The maximum absolute atomic E-state index is 12.8. The first-order valence-corrected chi connectivity index (χ1v) is 9.02. The molecule has 0 aliphatic heterocycles. The molecule has 1 fully saturated rings. The molecule has 4 atom stereocenters. The number of hydrogen-bond acceptors (Lipinski definition) is 2. The summed E-state index contributed by atoms with van der Waals surface area (Å²) in [5.41, 5.74) is 5.88. The molecule has 0 amide bonds. The van der Waals surface area contributed by atoms with Crippen LogP contribution in [0.3, 0.4) is 0 Å². The Hall–Kier alpha value is -0.190. The maximum Gasteiger partial charge on any atom is 0.0564 e. The van der Waals surface area contributed by atoms with Gasteiger partial charge >= 0.3 is 0 Å². The summed E-state index contributed by atoms with van der Waals surface area (Å²) in [5.74, 6) is 1.12. The Labute approximate surface area is 126 Å². The van der Waals surface area contributed by atoms with Crippen molar-refractivity contribution in [2.75, 3.05) is 6.54 Å². The highest BCUT2D eigenvalue weighted by molar-refractivity contribution is 9.10. The topological polar surface area (TPSA) is 43.1 Å². The van der Waals surface area contributed by atoms with E-state index in [1.165, 1.54) is 12.8 Å². The van der Waals surface area contributed by atoms with E-state index < -0.39 is 10.8 Å². The molecule has 2 rings (SSSR count). The SMILES string of the molecule is CCC1CCC(CN)C(S(=O)c2cccc(Br)c2)C1. The van der Waals surface area contributed by atoms with E-state index in [0.717, 1.165) is 22.2 Å². The van der Waals surface area contributed by atoms with Gasteiger partial charge in [0.2, 0.25) is 0 Å². The van der Waals surface area contributed by atoms with Gasteiger partial charge in [-0.05, 0) is 49.4 Å². The first-order valence-electron chi connectivity index (χ1n) is 7.02. The van der Waals surface area contributed by atoms with E-state index in [1.54, 1.807) is 0 Å². The normalized spacial score (nSPS) is 29.1. The Morgan fingerprint density at radius 1 is 1.42 bits per heavy atom. The van der Waals surface area contributed by atoms with Gasteiger partial charge in [-0.1, -0.05) is 41.8 Å². The number of rotatable bonds is 4. The molecule has 1 aliphatic rings. The van der Waals surface area contributed by atoms with Crippen molar-refractivity contribution in [2.45, 2.75) is 42.8 Å². The third-order valence-electron chi connectivity index (χ3n) is 4.22. The van der Waals surface area contributed by atoms with E-state index in [4.69, 9.17) is 5.73 Å². The third kappa shape index (κ3) is 3.67. The van der Waals surface area contributed by atoms with Gasteiger partial charge in [-0.25, -0.2) is 0 Å². The van der Waals surface area contributed by atoms with Crippen LogP contribution in [-0.4, -0.2) is 16.0 Å². The van der Waals surface area contributed by atoms with Crippen LogP contribution in [0.1, 0.15) is 32.6 Å². The molecule has 1 aromatic rings. The fraction of sp³-hybridized carbons (Fsp3) is 0.600. The third-order valence-corrected chi connectivity index (χ3v) is 6.56. The Kier molecular flexibility index (Phi) is 5.60. The van der Waals surface area contributed by atoms with Gasteiger partial charge in [0, 0.05) is 14.6 Å². The quantitative estimate of drug-likeness (QED) is 0.905. The zero-order valence-corrected chi connectivity index (χ0v) is 13.8. The van der Waals surface area contributed by atoms with Crippen LogP contribution >= 0.6 is 15.9 Å². The second-order valence-electron chi connectivity index (χ2n) is 5.38. The van der Waals surface area contributed by atoms with Crippen LogP contribution in [0.15, 0.2) is 33.6 Å². The second-order valence-corrected chi connectivity index (χ2v) is 7.96. The van der Waals surface area contributed by atoms with E-state index >= 15 is 0 Å². The monoisotopic (exact) mass is 343 g/mol. The molecule has 1 aliphatic carbocycles. The molecule has 0 aromatic heterocycles. The molecule has 0 heterocycles. The van der Waals surface area contributed by atoms with Crippen molar-refractivity contribution in [3.8, 4) is 0 Å². The lowest BCUT2D eigenvalue weighted by Crippen LogP contribution is -2.37. The summed E-state index contributed by atoms with van der Waals surface area (Å²) < 4.78 is 13.8. The van der Waals surface area contributed by atoms with E-state index in [0.29, 0.717) is 18.4 Å². The van der Waals surface area contributed by atoms with Crippen LogP contribution in [0, 0.1) is 11.8 Å². The van der Waals surface area contributed by atoms with Crippen molar-refractivity contribution < 1.29 is 4.21 Å². The van der Waals surface area contributed by atoms with Crippen molar-refractivity contribution >= 4 is 26.7 Å². The van der Waals surface area contributed by atoms with Crippen molar-refractivity contribution in [2.24, 2.45) is 17.6 Å². The molecular weight excluding hydrogens is 322 g/mol. The molecule has 0 radical (unpaired) electrons. The lowest BCUT2D eigenvalue weighted by atomic mass is 9.80. The minimum absolute atomic E-state index is 0.220. The zero-order valence-electron chi connectivity index (χ0n) is 11.3. The summed E-state index contributed by atoms with van der Waals surface area (Å²) in [5, 5.41) is 0.220. The summed E-state index contributed by atoms with van der Waals surface area (Å²) in [7, 11) is -0.942. The fourth-order valence-electron chi connectivity index (χ4n) is 2.94. The Morgan fingerprint density at radius 2 is 2.21 bits per heavy atom. The fourth-order valence-corrected chi connectivity index (χ4v) is 5.34. The van der Waals surface area contributed by atoms with Gasteiger partial charge in [-0.3, -0.25) is 4.21 Å². The highest BCUT2D eigenvalue weighted by Gasteiger charge is 2.33. The molecular formula is C15H22BrNOS. The molecule has 4 unspecified atom stereocenters. The number of nitrogens with two attached hydrogens (primary N) is 1. The number of hydrogen-bond donors (Lipinski definition) is 1. The molecule has 19 heavy (non-hydrogen) atoms. The van der Waals surface area contributed by atoms with Gasteiger partial charge in [0.1, 0.15) is 0 Å². The molecule has 106 valence electrons. The lowest BCUT2D eigenvalue weighted by molar-refractivity contribution is 0.280. The lowest BCUT2D eigenvalue weighted by Gasteiger charge is -2.34. The molecule has 2 N–H and O–H groups in total. The highest BCUT2D eigenvalue weighted by atomic mass is 79.9. The summed E-state index contributed by atoms with van der Waals surface area (Å²) >= 11 is 3.45. The molecule has 0 spiro atoms. The molecule has 0 bridgehead atoms. The second kappa shape index (κ2) is 7.00. The van der Waals surface area contributed by atoms with Crippen molar-refractivity contribution in [3.05, 3.63) is 28.7 Å². The first-order chi connectivity index (χ1) is 9.15. The summed E-state index contributed by atoms with van der Waals surface area (Å²) in [6, 6.07) is 7.86. The van der Waals surface area contributed by atoms with Crippen molar-refractivity contribution in [1.29, 1.82) is 0 Å². The van der Waals surface area contributed by atoms with Gasteiger partial charge in [0.05, 0.1) is 10.8 Å². The molecule has 1 aromatic carbocycles. The van der Waals surface area contributed by atoms with Crippen LogP contribution in [0.25, 0.3) is 0 Å². The Bertz CT molecular complexity index is 452. The minimum Gasteiger partial charge on any atom is -0.330 e. The van der Waals surface area contributed by atoms with Gasteiger partial charge in [-0.15, -0.1) is 0 Å². The Balaban J connectivity index is 2.19. The van der Waals surface area contributed by atoms with Crippen molar-refractivity contribution in [3.63, 3.8) is 0 Å². The first kappa shape index (κ1) is 15.2. The van der Waals surface area contributed by atoms with Crippen LogP contribution in [0.4, 0.5) is 0 Å². The average molecular weight is 344 g/mol.